The van der Waals surface area contributed by atoms with Crippen LogP contribution in [0.15, 0.2) is 22.6 Å². The quantitative estimate of drug-likeness (QED) is 0.774. The predicted molar refractivity (Wildman–Crippen MR) is 80.5 cm³/mol. The number of carbonyl (C=O) groups is 1. The van der Waals surface area contributed by atoms with Gasteiger partial charge in [0.1, 0.15) is 17.3 Å². The molecule has 0 saturated carbocycles. The van der Waals surface area contributed by atoms with Gasteiger partial charge in [-0.25, -0.2) is 0 Å². The Balaban J connectivity index is 1.55. The van der Waals surface area contributed by atoms with Crippen molar-refractivity contribution in [1.29, 1.82) is 0 Å². The highest BCUT2D eigenvalue weighted by atomic mass is 16.3. The summed E-state index contributed by atoms with van der Waals surface area (Å²) in [5.74, 6) is 3.04. The van der Waals surface area contributed by atoms with Gasteiger partial charge in [0, 0.05) is 19.2 Å². The van der Waals surface area contributed by atoms with Crippen molar-refractivity contribution >= 4 is 5.91 Å². The molecule has 0 saturated heterocycles. The lowest BCUT2D eigenvalue weighted by molar-refractivity contribution is 0.0700. The molecule has 1 aliphatic heterocycles. The third kappa shape index (κ3) is 2.32. The van der Waals surface area contributed by atoms with Crippen molar-refractivity contribution in [3.8, 4) is 11.5 Å². The lowest BCUT2D eigenvalue weighted by Gasteiger charge is -2.26. The van der Waals surface area contributed by atoms with E-state index in [4.69, 9.17) is 4.42 Å². The van der Waals surface area contributed by atoms with Crippen molar-refractivity contribution in [2.24, 2.45) is 0 Å². The Morgan fingerprint density at radius 3 is 2.91 bits per heavy atom. The first-order valence-electron chi connectivity index (χ1n) is 7.42. The van der Waals surface area contributed by atoms with E-state index in [-0.39, 0.29) is 5.91 Å². The second kappa shape index (κ2) is 5.08. The molecule has 3 aromatic rings. The van der Waals surface area contributed by atoms with Gasteiger partial charge in [0.15, 0.2) is 17.3 Å². The minimum absolute atomic E-state index is 0.123. The molecular formula is C15H16N6O2. The number of hydrogen-bond donors (Lipinski definition) is 1. The molecule has 0 aromatic carbocycles. The molecule has 3 aromatic heterocycles. The number of H-pyrrole nitrogens is 1. The summed E-state index contributed by atoms with van der Waals surface area (Å²) in [6, 6.07) is 5.44. The molecule has 0 atom stereocenters. The number of aromatic amines is 1. The summed E-state index contributed by atoms with van der Waals surface area (Å²) in [7, 11) is 0. The Bertz CT molecular complexity index is 874. The summed E-state index contributed by atoms with van der Waals surface area (Å²) in [4.78, 5) is 14.4. The van der Waals surface area contributed by atoms with Gasteiger partial charge in [0.05, 0.1) is 6.54 Å². The van der Waals surface area contributed by atoms with Gasteiger partial charge in [0.2, 0.25) is 0 Å². The smallest absolute Gasteiger partial charge is 0.274 e. The Morgan fingerprint density at radius 2 is 2.13 bits per heavy atom. The predicted octanol–water partition coefficient (Wildman–Crippen LogP) is 1.53. The van der Waals surface area contributed by atoms with Crippen molar-refractivity contribution in [2.75, 3.05) is 6.54 Å². The van der Waals surface area contributed by atoms with Crippen LogP contribution in [0.25, 0.3) is 11.5 Å². The van der Waals surface area contributed by atoms with Crippen LogP contribution in [0.3, 0.4) is 0 Å². The first kappa shape index (κ1) is 13.7. The molecular weight excluding hydrogens is 296 g/mol. The Labute approximate surface area is 132 Å². The van der Waals surface area contributed by atoms with E-state index in [0.29, 0.717) is 36.8 Å². The average molecular weight is 312 g/mol. The number of aromatic nitrogens is 5. The summed E-state index contributed by atoms with van der Waals surface area (Å²) in [6.45, 7) is 5.56. The molecule has 1 amide bonds. The molecule has 23 heavy (non-hydrogen) atoms. The second-order valence-electron chi connectivity index (χ2n) is 5.62. The molecule has 4 rings (SSSR count). The highest BCUT2D eigenvalue weighted by Gasteiger charge is 2.26. The van der Waals surface area contributed by atoms with Gasteiger partial charge >= 0.3 is 0 Å². The summed E-state index contributed by atoms with van der Waals surface area (Å²) >= 11 is 0. The number of carbonyl (C=O) groups excluding carboxylic acids is 1. The van der Waals surface area contributed by atoms with Gasteiger partial charge in [-0.15, -0.1) is 10.2 Å². The highest BCUT2D eigenvalue weighted by molar-refractivity contribution is 5.93. The topological polar surface area (TPSA) is 92.8 Å². The molecule has 118 valence electrons. The maximum atomic E-state index is 12.6. The maximum absolute atomic E-state index is 12.6. The molecule has 0 bridgehead atoms. The fraction of sp³-hybridized carbons (Fsp3) is 0.333. The van der Waals surface area contributed by atoms with Gasteiger partial charge in [-0.05, 0) is 26.0 Å². The van der Waals surface area contributed by atoms with Crippen LogP contribution in [-0.2, 0) is 13.1 Å². The summed E-state index contributed by atoms with van der Waals surface area (Å²) in [6.07, 6.45) is 0. The highest BCUT2D eigenvalue weighted by Crippen LogP contribution is 2.21. The summed E-state index contributed by atoms with van der Waals surface area (Å²) in [5.41, 5.74) is 1.07. The second-order valence-corrected chi connectivity index (χ2v) is 5.62. The zero-order chi connectivity index (χ0) is 16.0. The molecule has 1 aliphatic rings. The molecule has 0 unspecified atom stereocenters. The molecule has 0 radical (unpaired) electrons. The standard InChI is InChI=1S/C15H16N6O2/c1-9-3-4-13(23-9)11-7-12(18-17-11)15(22)20-5-6-21-10(2)16-19-14(21)8-20/h3-4,7H,5-6,8H2,1-2H3,(H,17,18). The van der Waals surface area contributed by atoms with Crippen molar-refractivity contribution in [3.05, 3.63) is 41.3 Å². The van der Waals surface area contributed by atoms with Gasteiger partial charge in [0.25, 0.3) is 5.91 Å². The first-order valence-corrected chi connectivity index (χ1v) is 7.42. The largest absolute Gasteiger partial charge is 0.460 e. The summed E-state index contributed by atoms with van der Waals surface area (Å²) in [5, 5.41) is 15.1. The van der Waals surface area contributed by atoms with E-state index in [0.717, 1.165) is 17.4 Å². The van der Waals surface area contributed by atoms with Gasteiger partial charge in [-0.3, -0.25) is 9.89 Å². The lowest BCUT2D eigenvalue weighted by Crippen LogP contribution is -2.38. The van der Waals surface area contributed by atoms with Crippen LogP contribution >= 0.6 is 0 Å². The molecule has 0 aliphatic carbocycles. The molecule has 8 nitrogen and oxygen atoms in total. The minimum atomic E-state index is -0.123. The van der Waals surface area contributed by atoms with Crippen molar-refractivity contribution < 1.29 is 9.21 Å². The third-order valence-corrected chi connectivity index (χ3v) is 4.03. The lowest BCUT2D eigenvalue weighted by atomic mass is 10.2. The minimum Gasteiger partial charge on any atom is -0.460 e. The third-order valence-electron chi connectivity index (χ3n) is 4.03. The van der Waals surface area contributed by atoms with Crippen LogP contribution in [-0.4, -0.2) is 42.3 Å². The van der Waals surface area contributed by atoms with Crippen molar-refractivity contribution in [1.82, 2.24) is 29.9 Å². The Morgan fingerprint density at radius 1 is 1.26 bits per heavy atom. The zero-order valence-electron chi connectivity index (χ0n) is 12.9. The summed E-state index contributed by atoms with van der Waals surface area (Å²) < 4.78 is 7.57. The number of nitrogens with zero attached hydrogens (tertiary/aromatic N) is 5. The molecule has 1 N–H and O–H groups in total. The van der Waals surface area contributed by atoms with E-state index in [2.05, 4.69) is 20.4 Å². The van der Waals surface area contributed by atoms with E-state index in [1.165, 1.54) is 0 Å². The van der Waals surface area contributed by atoms with Crippen molar-refractivity contribution in [3.63, 3.8) is 0 Å². The van der Waals surface area contributed by atoms with Crippen LogP contribution in [0.4, 0.5) is 0 Å². The maximum Gasteiger partial charge on any atom is 0.274 e. The molecule has 0 spiro atoms. The van der Waals surface area contributed by atoms with Crippen molar-refractivity contribution in [2.45, 2.75) is 26.9 Å². The fourth-order valence-electron chi connectivity index (χ4n) is 2.78. The van der Waals surface area contributed by atoms with Crippen LogP contribution in [0.5, 0.6) is 0 Å². The van der Waals surface area contributed by atoms with Crippen LogP contribution < -0.4 is 0 Å². The zero-order valence-corrected chi connectivity index (χ0v) is 12.9. The van der Waals surface area contributed by atoms with Crippen LogP contribution in [0, 0.1) is 13.8 Å². The number of fused-ring (bicyclic) bond motifs is 1. The number of amides is 1. The molecule has 0 fully saturated rings. The number of furan rings is 1. The van der Waals surface area contributed by atoms with E-state index in [9.17, 15) is 4.79 Å². The van der Waals surface area contributed by atoms with Crippen LogP contribution in [0.2, 0.25) is 0 Å². The van der Waals surface area contributed by atoms with Gasteiger partial charge in [-0.2, -0.15) is 5.10 Å². The molecule has 4 heterocycles. The number of hydrogen-bond acceptors (Lipinski definition) is 5. The Hall–Kier alpha value is -2.90. The Kier molecular flexibility index (Phi) is 3.03. The monoisotopic (exact) mass is 312 g/mol. The number of rotatable bonds is 2. The molecule has 8 heteroatoms. The van der Waals surface area contributed by atoms with E-state index < -0.39 is 0 Å². The van der Waals surface area contributed by atoms with Gasteiger partial charge < -0.3 is 13.9 Å². The van der Waals surface area contributed by atoms with Crippen LogP contribution in [0.1, 0.15) is 27.9 Å². The average Bonchev–Trinajstić information content (AvgIpc) is 3.26. The number of aryl methyl sites for hydroxylation is 2. The number of nitrogens with one attached hydrogen (secondary N) is 1. The van der Waals surface area contributed by atoms with Gasteiger partial charge in [-0.1, -0.05) is 0 Å². The van der Waals surface area contributed by atoms with E-state index in [1.54, 1.807) is 11.0 Å². The van der Waals surface area contributed by atoms with E-state index in [1.807, 2.05) is 30.5 Å². The SMILES string of the molecule is Cc1ccc(-c2cc(C(=O)N3CCn4c(C)nnc4C3)n[nH]2)o1. The first-order chi connectivity index (χ1) is 11.1. The normalized spacial score (nSPS) is 14.1. The fourth-order valence-corrected chi connectivity index (χ4v) is 2.78. The van der Waals surface area contributed by atoms with E-state index >= 15 is 0 Å².